The number of fused-ring (bicyclic) bond motifs is 1. The summed E-state index contributed by atoms with van der Waals surface area (Å²) < 4.78 is 37.7. The van der Waals surface area contributed by atoms with Crippen LogP contribution < -0.4 is 11.1 Å². The highest BCUT2D eigenvalue weighted by molar-refractivity contribution is 7.53. The first-order chi connectivity index (χ1) is 15.2. The highest BCUT2D eigenvalue weighted by atomic mass is 31.2. The van der Waals surface area contributed by atoms with Crippen molar-refractivity contribution in [3.05, 3.63) is 38.4 Å². The molecule has 1 aliphatic rings. The molecule has 2 aromatic rings. The molecule has 1 aliphatic heterocycles. The number of hydrogen-bond donors (Lipinski definition) is 5. The minimum Gasteiger partial charge on any atom is -0.388 e. The lowest BCUT2D eigenvalue weighted by atomic mass is 9.93. The number of nitrogens with one attached hydrogen (secondary N) is 1. The topological polar surface area (TPSA) is 184 Å². The second kappa shape index (κ2) is 8.99. The number of aromatic nitrogens is 3. The molecule has 33 heavy (non-hydrogen) atoms. The lowest BCUT2D eigenvalue weighted by molar-refractivity contribution is -0.0691. The Kier molecular flexibility index (Phi) is 6.98. The number of aromatic amines is 1. The van der Waals surface area contributed by atoms with Gasteiger partial charge in [0.1, 0.15) is 12.2 Å². The predicted octanol–water partition coefficient (Wildman–Crippen LogP) is 0.251. The molecule has 0 spiro atoms. The Hall–Kier alpha value is -1.99. The highest BCUT2D eigenvalue weighted by Crippen LogP contribution is 2.52. The number of ether oxygens (including phenoxy) is 1. The number of H-pyrrole nitrogens is 1. The van der Waals surface area contributed by atoms with Gasteiger partial charge in [0.2, 0.25) is 0 Å². The molecule has 3 heterocycles. The first kappa shape index (κ1) is 25.6. The summed E-state index contributed by atoms with van der Waals surface area (Å²) in [6, 6.07) is 0. The summed E-state index contributed by atoms with van der Waals surface area (Å²) in [4.78, 5) is 40.7. The van der Waals surface area contributed by atoms with E-state index in [0.29, 0.717) is 0 Å². The Bertz CT molecular complexity index is 1220. The zero-order chi connectivity index (χ0) is 24.9. The van der Waals surface area contributed by atoms with Gasteiger partial charge in [0.15, 0.2) is 29.1 Å². The second-order valence-corrected chi connectivity index (χ2v) is 10.5. The molecule has 4 unspecified atom stereocenters. The van der Waals surface area contributed by atoms with E-state index in [1.54, 1.807) is 6.92 Å². The minimum atomic E-state index is -4.40. The monoisotopic (exact) mass is 491 g/mol. The van der Waals surface area contributed by atoms with E-state index in [4.69, 9.17) is 9.26 Å². The third-order valence-corrected chi connectivity index (χ3v) is 7.56. The Morgan fingerprint density at radius 1 is 1.39 bits per heavy atom. The Balaban J connectivity index is 1.94. The molecule has 2 aromatic heterocycles. The van der Waals surface area contributed by atoms with E-state index in [-0.39, 0.29) is 29.4 Å². The van der Waals surface area contributed by atoms with Crippen molar-refractivity contribution in [2.45, 2.75) is 76.5 Å². The lowest BCUT2D eigenvalue weighted by Gasteiger charge is -2.34. The molecule has 12 nitrogen and oxygen atoms in total. The molecule has 1 saturated heterocycles. The second-order valence-electron chi connectivity index (χ2n) is 8.43. The number of pyridine rings is 1. The Morgan fingerprint density at radius 3 is 2.61 bits per heavy atom. The molecule has 0 aliphatic carbocycles. The molecule has 0 radical (unpaired) electrons. The fraction of sp³-hybridized carbons (Fsp3) is 0.632. The largest absolute Gasteiger partial charge is 0.388 e. The van der Waals surface area contributed by atoms with Crippen LogP contribution in [-0.4, -0.2) is 64.5 Å². The van der Waals surface area contributed by atoms with E-state index in [9.17, 15) is 38.8 Å². The van der Waals surface area contributed by atoms with Crippen LogP contribution in [0.4, 0.5) is 4.39 Å². The molecule has 5 N–H and O–H groups in total. The summed E-state index contributed by atoms with van der Waals surface area (Å²) in [5, 5.41) is 30.5. The van der Waals surface area contributed by atoms with Gasteiger partial charge in [0, 0.05) is 12.6 Å². The van der Waals surface area contributed by atoms with Gasteiger partial charge in [0.25, 0.3) is 0 Å². The normalized spacial score (nSPS) is 27.9. The van der Waals surface area contributed by atoms with Gasteiger partial charge in [-0.05, 0) is 27.2 Å². The van der Waals surface area contributed by atoms with Crippen LogP contribution in [0.25, 0.3) is 11.0 Å². The zero-order valence-electron chi connectivity index (χ0n) is 18.4. The van der Waals surface area contributed by atoms with Gasteiger partial charge in [-0.1, -0.05) is 6.92 Å². The zero-order valence-corrected chi connectivity index (χ0v) is 19.3. The van der Waals surface area contributed by atoms with Gasteiger partial charge in [-0.25, -0.2) is 4.79 Å². The summed E-state index contributed by atoms with van der Waals surface area (Å²) in [5.41, 5.74) is -3.52. The van der Waals surface area contributed by atoms with Crippen LogP contribution in [0.15, 0.2) is 15.8 Å². The molecule has 0 aromatic carbocycles. The van der Waals surface area contributed by atoms with Gasteiger partial charge < -0.3 is 34.5 Å². The van der Waals surface area contributed by atoms with Crippen LogP contribution >= 0.6 is 7.60 Å². The summed E-state index contributed by atoms with van der Waals surface area (Å²) in [7, 11) is -4.40. The van der Waals surface area contributed by atoms with E-state index >= 15 is 0 Å². The van der Waals surface area contributed by atoms with Gasteiger partial charge in [0.05, 0.1) is 22.7 Å². The molecule has 14 heteroatoms. The molecular weight excluding hydrogens is 464 g/mol. The molecule has 0 saturated carbocycles. The van der Waals surface area contributed by atoms with Crippen LogP contribution in [-0.2, 0) is 13.8 Å². The number of hydrogen-bond acceptors (Lipinski definition) is 9. The summed E-state index contributed by atoms with van der Waals surface area (Å²) in [6.07, 6.45) is -4.65. The molecule has 3 rings (SSSR count). The quantitative estimate of drug-likeness (QED) is 0.266. The summed E-state index contributed by atoms with van der Waals surface area (Å²) in [6.45, 7) is 5.49. The predicted molar refractivity (Wildman–Crippen MR) is 113 cm³/mol. The molecule has 7 atom stereocenters. The van der Waals surface area contributed by atoms with Crippen molar-refractivity contribution < 1.29 is 38.4 Å². The fourth-order valence-electron chi connectivity index (χ4n) is 3.60. The maximum Gasteiger partial charge on any atom is 0.356 e. The van der Waals surface area contributed by atoms with Gasteiger partial charge in [-0.3, -0.25) is 13.9 Å². The van der Waals surface area contributed by atoms with E-state index in [1.807, 2.05) is 0 Å². The average molecular weight is 491 g/mol. The van der Waals surface area contributed by atoms with Crippen molar-refractivity contribution in [2.24, 2.45) is 0 Å². The third-order valence-electron chi connectivity index (χ3n) is 5.91. The fourth-order valence-corrected chi connectivity index (χ4v) is 4.59. The van der Waals surface area contributed by atoms with Gasteiger partial charge in [-0.15, -0.1) is 0 Å². The number of aliphatic hydroxyl groups is 3. The van der Waals surface area contributed by atoms with Crippen molar-refractivity contribution in [3.63, 3.8) is 0 Å². The smallest absolute Gasteiger partial charge is 0.356 e. The molecule has 0 bridgehead atoms. The number of aliphatic hydroxyl groups excluding tert-OH is 3. The van der Waals surface area contributed by atoms with Crippen LogP contribution in [0.3, 0.4) is 0 Å². The van der Waals surface area contributed by atoms with Gasteiger partial charge in [-0.2, -0.15) is 9.37 Å². The van der Waals surface area contributed by atoms with E-state index in [1.165, 1.54) is 13.8 Å². The van der Waals surface area contributed by atoms with Crippen LogP contribution in [0.2, 0.25) is 0 Å². The number of halogens is 1. The highest BCUT2D eigenvalue weighted by Gasteiger charge is 2.48. The van der Waals surface area contributed by atoms with Crippen molar-refractivity contribution in [3.8, 4) is 0 Å². The first-order valence-electron chi connectivity index (χ1n) is 10.2. The molecule has 184 valence electrons. The van der Waals surface area contributed by atoms with Crippen molar-refractivity contribution in [1.29, 1.82) is 0 Å². The Morgan fingerprint density at radius 2 is 2.03 bits per heavy atom. The van der Waals surface area contributed by atoms with E-state index in [0.717, 1.165) is 17.7 Å². The molecule has 0 amide bonds. The SMILES string of the molecule is CCC(C)(C[C@H]1O[C@@H](n2cc3c(=O)c(C)c(F)[nH]c3nc2=O)[C@@H](O)C1O)OP(=O)(O)C(C)O. The van der Waals surface area contributed by atoms with Crippen molar-refractivity contribution in [2.75, 3.05) is 0 Å². The maximum atomic E-state index is 13.8. The number of rotatable bonds is 7. The average Bonchev–Trinajstić information content (AvgIpc) is 2.99. The van der Waals surface area contributed by atoms with E-state index < -0.39 is 60.6 Å². The van der Waals surface area contributed by atoms with Crippen LogP contribution in [0, 0.1) is 12.9 Å². The summed E-state index contributed by atoms with van der Waals surface area (Å²) in [5.74, 6) is -2.58. The molecule has 1 fully saturated rings. The van der Waals surface area contributed by atoms with Crippen LogP contribution in [0.5, 0.6) is 0 Å². The van der Waals surface area contributed by atoms with Crippen LogP contribution in [0.1, 0.15) is 45.4 Å². The lowest BCUT2D eigenvalue weighted by Crippen LogP contribution is -2.39. The minimum absolute atomic E-state index is 0.123. The number of nitrogens with zero attached hydrogens (tertiary/aromatic N) is 2. The Labute approximate surface area is 187 Å². The standard InChI is InChI=1S/C19H27FN3O9P/c1-5-19(4,32-33(29,30)9(3)24)6-11-13(26)14(27)17(31-11)23-7-10-12(25)8(2)15(20)21-16(10)22-18(23)28/h7,9,11,13-14,17,24,26-27H,5-6H2,1-4H3,(H,29,30)(H,21,22,28)/t9?,11-,13?,14+,17-,19?/m1/s1. The molecular formula is C19H27FN3O9P. The maximum absolute atomic E-state index is 13.8. The summed E-state index contributed by atoms with van der Waals surface area (Å²) >= 11 is 0. The van der Waals surface area contributed by atoms with Gasteiger partial charge >= 0.3 is 13.3 Å². The third kappa shape index (κ3) is 4.80. The van der Waals surface area contributed by atoms with Crippen molar-refractivity contribution in [1.82, 2.24) is 14.5 Å². The first-order valence-corrected chi connectivity index (χ1v) is 11.9. The van der Waals surface area contributed by atoms with E-state index in [2.05, 4.69) is 9.97 Å². The van der Waals surface area contributed by atoms with Crippen molar-refractivity contribution >= 4 is 18.6 Å².